The molecule has 1 saturated carbocycles. The van der Waals surface area contributed by atoms with Crippen LogP contribution < -0.4 is 10.1 Å². The van der Waals surface area contributed by atoms with Crippen LogP contribution in [0.15, 0.2) is 18.2 Å². The molecule has 1 aliphatic rings. The van der Waals surface area contributed by atoms with E-state index < -0.39 is 11.7 Å². The average Bonchev–Trinajstić information content (AvgIpc) is 2.31. The molecule has 5 heteroatoms. The van der Waals surface area contributed by atoms with Gasteiger partial charge in [0.2, 0.25) is 0 Å². The van der Waals surface area contributed by atoms with Crippen LogP contribution in [0, 0.1) is 11.8 Å². The number of methoxy groups -OCH3 is 1. The summed E-state index contributed by atoms with van der Waals surface area (Å²) >= 11 is 0. The maximum atomic E-state index is 13.0. The molecule has 0 unspecified atom stereocenters. The summed E-state index contributed by atoms with van der Waals surface area (Å²) in [6.45, 7) is 4.30. The zero-order chi connectivity index (χ0) is 14.9. The van der Waals surface area contributed by atoms with Crippen LogP contribution in [0.25, 0.3) is 0 Å². The van der Waals surface area contributed by atoms with Gasteiger partial charge in [-0.1, -0.05) is 13.8 Å². The third-order valence-corrected chi connectivity index (χ3v) is 4.01. The lowest BCUT2D eigenvalue weighted by Crippen LogP contribution is -2.38. The van der Waals surface area contributed by atoms with Gasteiger partial charge in [0.1, 0.15) is 5.75 Å². The smallest absolute Gasteiger partial charge is 0.418 e. The Hall–Kier alpha value is -1.39. The van der Waals surface area contributed by atoms with Crippen LogP contribution in [0.3, 0.4) is 0 Å². The van der Waals surface area contributed by atoms with E-state index in [-0.39, 0.29) is 17.5 Å². The second-order valence-corrected chi connectivity index (χ2v) is 5.73. The Morgan fingerprint density at radius 2 is 1.90 bits per heavy atom. The van der Waals surface area contributed by atoms with Crippen molar-refractivity contribution in [3.8, 4) is 5.75 Å². The molecule has 0 saturated heterocycles. The van der Waals surface area contributed by atoms with Gasteiger partial charge in [0.15, 0.2) is 0 Å². The molecule has 112 valence electrons. The van der Waals surface area contributed by atoms with Crippen molar-refractivity contribution >= 4 is 5.69 Å². The van der Waals surface area contributed by atoms with E-state index in [1.807, 2.05) is 0 Å². The predicted molar refractivity (Wildman–Crippen MR) is 73.0 cm³/mol. The van der Waals surface area contributed by atoms with E-state index in [0.29, 0.717) is 11.8 Å². The van der Waals surface area contributed by atoms with Gasteiger partial charge in [0, 0.05) is 11.7 Å². The summed E-state index contributed by atoms with van der Waals surface area (Å²) in [5.41, 5.74) is -0.518. The molecule has 1 aliphatic carbocycles. The second-order valence-electron chi connectivity index (χ2n) is 5.73. The monoisotopic (exact) mass is 287 g/mol. The molecule has 0 radical (unpaired) electrons. The second kappa shape index (κ2) is 5.54. The summed E-state index contributed by atoms with van der Waals surface area (Å²) in [7, 11) is 1.36. The van der Waals surface area contributed by atoms with Gasteiger partial charge in [-0.25, -0.2) is 0 Å². The highest BCUT2D eigenvalue weighted by molar-refractivity contribution is 5.56. The van der Waals surface area contributed by atoms with Crippen LogP contribution in [0.1, 0.15) is 32.3 Å². The first kappa shape index (κ1) is 15.0. The van der Waals surface area contributed by atoms with Crippen molar-refractivity contribution in [2.24, 2.45) is 11.8 Å². The molecule has 1 aromatic carbocycles. The Bertz CT molecular complexity index is 465. The molecular weight excluding hydrogens is 267 g/mol. The van der Waals surface area contributed by atoms with Crippen LogP contribution in [0.5, 0.6) is 5.75 Å². The standard InChI is InChI=1S/C15H20F3NO/c1-9(2)10-6-11(7-10)19-14-5-4-12(20-3)8-13(14)15(16,17)18/h4-5,8-11,19H,6-7H2,1-3H3. The molecule has 0 aromatic heterocycles. The molecule has 2 rings (SSSR count). The van der Waals surface area contributed by atoms with Gasteiger partial charge in [-0.05, 0) is 42.9 Å². The molecule has 1 N–H and O–H groups in total. The number of anilines is 1. The third kappa shape index (κ3) is 3.19. The number of nitrogens with one attached hydrogen (secondary N) is 1. The fourth-order valence-corrected chi connectivity index (χ4v) is 2.55. The van der Waals surface area contributed by atoms with E-state index in [1.54, 1.807) is 6.07 Å². The lowest BCUT2D eigenvalue weighted by Gasteiger charge is -2.39. The maximum Gasteiger partial charge on any atom is 0.418 e. The highest BCUT2D eigenvalue weighted by Gasteiger charge is 2.36. The van der Waals surface area contributed by atoms with Gasteiger partial charge in [-0.3, -0.25) is 0 Å². The summed E-state index contributed by atoms with van der Waals surface area (Å²) < 4.78 is 44.0. The highest BCUT2D eigenvalue weighted by atomic mass is 19.4. The largest absolute Gasteiger partial charge is 0.497 e. The van der Waals surface area contributed by atoms with Gasteiger partial charge >= 0.3 is 6.18 Å². The lowest BCUT2D eigenvalue weighted by molar-refractivity contribution is -0.137. The van der Waals surface area contributed by atoms with Crippen molar-refractivity contribution in [3.05, 3.63) is 23.8 Å². The molecule has 0 amide bonds. The Kier molecular flexibility index (Phi) is 4.16. The number of hydrogen-bond donors (Lipinski definition) is 1. The number of hydrogen-bond acceptors (Lipinski definition) is 2. The number of halogens is 3. The molecule has 2 nitrogen and oxygen atoms in total. The predicted octanol–water partition coefficient (Wildman–Crippen LogP) is 4.56. The highest BCUT2D eigenvalue weighted by Crippen LogP contribution is 2.40. The van der Waals surface area contributed by atoms with Crippen molar-refractivity contribution in [2.75, 3.05) is 12.4 Å². The Balaban J connectivity index is 2.12. The van der Waals surface area contributed by atoms with E-state index in [2.05, 4.69) is 19.2 Å². The van der Waals surface area contributed by atoms with E-state index in [4.69, 9.17) is 4.74 Å². The summed E-state index contributed by atoms with van der Waals surface area (Å²) in [6, 6.07) is 4.18. The van der Waals surface area contributed by atoms with Crippen molar-refractivity contribution in [2.45, 2.75) is 38.9 Å². The third-order valence-electron chi connectivity index (χ3n) is 4.01. The van der Waals surface area contributed by atoms with Gasteiger partial charge in [-0.2, -0.15) is 13.2 Å². The first-order valence-electron chi connectivity index (χ1n) is 6.83. The topological polar surface area (TPSA) is 21.3 Å². The van der Waals surface area contributed by atoms with E-state index >= 15 is 0 Å². The fraction of sp³-hybridized carbons (Fsp3) is 0.600. The maximum absolute atomic E-state index is 13.0. The molecule has 20 heavy (non-hydrogen) atoms. The summed E-state index contributed by atoms with van der Waals surface area (Å²) in [5, 5.41) is 3.01. The molecule has 0 spiro atoms. The zero-order valence-electron chi connectivity index (χ0n) is 11.9. The lowest BCUT2D eigenvalue weighted by atomic mass is 9.73. The zero-order valence-corrected chi connectivity index (χ0v) is 11.9. The SMILES string of the molecule is COc1ccc(NC2CC(C(C)C)C2)c(C(F)(F)F)c1. The van der Waals surface area contributed by atoms with Crippen LogP contribution in [0.2, 0.25) is 0 Å². The van der Waals surface area contributed by atoms with Gasteiger partial charge < -0.3 is 10.1 Å². The van der Waals surface area contributed by atoms with Crippen LogP contribution in [-0.4, -0.2) is 13.2 Å². The number of alkyl halides is 3. The number of benzene rings is 1. The van der Waals surface area contributed by atoms with Crippen LogP contribution >= 0.6 is 0 Å². The van der Waals surface area contributed by atoms with E-state index in [0.717, 1.165) is 18.9 Å². The first-order chi connectivity index (χ1) is 9.31. The van der Waals surface area contributed by atoms with Crippen LogP contribution in [0.4, 0.5) is 18.9 Å². The summed E-state index contributed by atoms with van der Waals surface area (Å²) in [6.07, 6.45) is -2.51. The van der Waals surface area contributed by atoms with Crippen molar-refractivity contribution in [1.82, 2.24) is 0 Å². The molecule has 1 fully saturated rings. The Labute approximate surface area is 117 Å². The minimum atomic E-state index is -4.38. The average molecular weight is 287 g/mol. The first-order valence-corrected chi connectivity index (χ1v) is 6.83. The van der Waals surface area contributed by atoms with Gasteiger partial charge in [0.25, 0.3) is 0 Å². The van der Waals surface area contributed by atoms with Crippen molar-refractivity contribution < 1.29 is 17.9 Å². The van der Waals surface area contributed by atoms with E-state index in [9.17, 15) is 13.2 Å². The summed E-state index contributed by atoms with van der Waals surface area (Å²) in [4.78, 5) is 0. The van der Waals surface area contributed by atoms with Crippen molar-refractivity contribution in [1.29, 1.82) is 0 Å². The number of rotatable bonds is 4. The quantitative estimate of drug-likeness (QED) is 0.876. The molecule has 0 heterocycles. The molecule has 1 aromatic rings. The summed E-state index contributed by atoms with van der Waals surface area (Å²) in [5.74, 6) is 1.42. The molecule has 0 aliphatic heterocycles. The van der Waals surface area contributed by atoms with Gasteiger partial charge in [-0.15, -0.1) is 0 Å². The Morgan fingerprint density at radius 1 is 1.25 bits per heavy atom. The van der Waals surface area contributed by atoms with Gasteiger partial charge in [0.05, 0.1) is 12.7 Å². The van der Waals surface area contributed by atoms with Crippen molar-refractivity contribution in [3.63, 3.8) is 0 Å². The molecule has 0 bridgehead atoms. The minimum absolute atomic E-state index is 0.136. The fourth-order valence-electron chi connectivity index (χ4n) is 2.55. The number of ether oxygens (including phenoxy) is 1. The minimum Gasteiger partial charge on any atom is -0.497 e. The normalized spacial score (nSPS) is 22.6. The van der Waals surface area contributed by atoms with Crippen LogP contribution in [-0.2, 0) is 6.18 Å². The van der Waals surface area contributed by atoms with E-state index in [1.165, 1.54) is 13.2 Å². The molecular formula is C15H20F3NO. The Morgan fingerprint density at radius 3 is 2.40 bits per heavy atom. The molecule has 0 atom stereocenters.